The van der Waals surface area contributed by atoms with Gasteiger partial charge in [-0.2, -0.15) is 8.42 Å². The molecule has 9 heteroatoms. The van der Waals surface area contributed by atoms with Gasteiger partial charge in [0.25, 0.3) is 16.0 Å². The Bertz CT molecular complexity index is 1130. The fourth-order valence-corrected chi connectivity index (χ4v) is 4.56. The Balaban J connectivity index is 1.50. The van der Waals surface area contributed by atoms with Crippen LogP contribution in [0.15, 0.2) is 70.6 Å². The van der Waals surface area contributed by atoms with Crippen LogP contribution in [0.2, 0.25) is 0 Å². The molecular formula is C24H27NO7S. The zero-order valence-corrected chi connectivity index (χ0v) is 19.5. The van der Waals surface area contributed by atoms with E-state index < -0.39 is 34.8 Å². The van der Waals surface area contributed by atoms with Crippen LogP contribution < -0.4 is 5.32 Å². The van der Waals surface area contributed by atoms with Gasteiger partial charge in [0.1, 0.15) is 12.2 Å². The first-order valence-electron chi connectivity index (χ1n) is 10.7. The molecule has 0 spiro atoms. The van der Waals surface area contributed by atoms with E-state index in [0.717, 1.165) is 16.7 Å². The van der Waals surface area contributed by atoms with Crippen LogP contribution in [0.5, 0.6) is 0 Å². The third-order valence-electron chi connectivity index (χ3n) is 5.51. The molecule has 2 saturated heterocycles. The highest BCUT2D eigenvalue weighted by atomic mass is 32.2. The second kappa shape index (κ2) is 9.74. The van der Waals surface area contributed by atoms with Crippen molar-refractivity contribution < 1.29 is 31.6 Å². The number of carbonyl (C=O) groups excluding carboxylic acids is 1. The first kappa shape index (κ1) is 23.6. The largest absolute Gasteiger partial charge is 0.346 e. The number of hydrogen-bond donors (Lipinski definition) is 1. The minimum Gasteiger partial charge on any atom is -0.346 e. The second-order valence-electron chi connectivity index (χ2n) is 8.24. The Morgan fingerprint density at radius 1 is 1.09 bits per heavy atom. The Kier molecular flexibility index (Phi) is 6.96. The van der Waals surface area contributed by atoms with E-state index in [-0.39, 0.29) is 24.0 Å². The van der Waals surface area contributed by atoms with Gasteiger partial charge in [-0.3, -0.25) is 8.98 Å². The molecule has 2 fully saturated rings. The van der Waals surface area contributed by atoms with Crippen LogP contribution >= 0.6 is 0 Å². The van der Waals surface area contributed by atoms with E-state index in [1.165, 1.54) is 12.1 Å². The van der Waals surface area contributed by atoms with Crippen LogP contribution in [0, 0.1) is 6.92 Å². The van der Waals surface area contributed by atoms with Crippen molar-refractivity contribution in [1.29, 1.82) is 0 Å². The normalized spacial score (nSPS) is 25.3. The molecule has 2 aromatic carbocycles. The predicted octanol–water partition coefficient (Wildman–Crippen LogP) is 2.99. The first-order valence-corrected chi connectivity index (χ1v) is 12.1. The second-order valence-corrected chi connectivity index (χ2v) is 9.86. The van der Waals surface area contributed by atoms with Gasteiger partial charge in [-0.15, -0.1) is 0 Å². The summed E-state index contributed by atoms with van der Waals surface area (Å²) >= 11 is 0. The van der Waals surface area contributed by atoms with E-state index in [9.17, 15) is 13.2 Å². The fourth-order valence-electron chi connectivity index (χ4n) is 3.64. The van der Waals surface area contributed by atoms with Crippen LogP contribution in [0.4, 0.5) is 0 Å². The lowest BCUT2D eigenvalue weighted by atomic mass is 10.0. The smallest absolute Gasteiger partial charge is 0.297 e. The molecule has 0 unspecified atom stereocenters. The van der Waals surface area contributed by atoms with Crippen LogP contribution in [-0.4, -0.2) is 46.0 Å². The zero-order chi connectivity index (χ0) is 23.6. The number of hydrogen-bond acceptors (Lipinski definition) is 7. The number of amides is 1. The first-order chi connectivity index (χ1) is 15.7. The summed E-state index contributed by atoms with van der Waals surface area (Å²) in [5, 5.41) is 2.70. The van der Waals surface area contributed by atoms with Crippen molar-refractivity contribution in [2.75, 3.05) is 13.2 Å². The van der Waals surface area contributed by atoms with Crippen molar-refractivity contribution in [2.24, 2.45) is 0 Å². The lowest BCUT2D eigenvalue weighted by Gasteiger charge is -2.40. The van der Waals surface area contributed by atoms with E-state index in [1.54, 1.807) is 12.1 Å². The molecule has 0 aromatic heterocycles. The Labute approximate surface area is 193 Å². The van der Waals surface area contributed by atoms with Crippen molar-refractivity contribution in [3.8, 4) is 0 Å². The van der Waals surface area contributed by atoms with Crippen molar-refractivity contribution in [3.63, 3.8) is 0 Å². The van der Waals surface area contributed by atoms with Crippen LogP contribution in [0.25, 0.3) is 0 Å². The van der Waals surface area contributed by atoms with Gasteiger partial charge in [0, 0.05) is 5.56 Å². The Morgan fingerprint density at radius 2 is 1.79 bits per heavy atom. The molecule has 33 heavy (non-hydrogen) atoms. The molecule has 2 aliphatic heterocycles. The van der Waals surface area contributed by atoms with E-state index in [4.69, 9.17) is 18.4 Å². The van der Waals surface area contributed by atoms with E-state index in [0.29, 0.717) is 5.57 Å². The van der Waals surface area contributed by atoms with Gasteiger partial charge >= 0.3 is 0 Å². The van der Waals surface area contributed by atoms with E-state index in [2.05, 4.69) is 5.32 Å². The summed E-state index contributed by atoms with van der Waals surface area (Å²) in [4.78, 5) is 11.9. The number of rotatable bonds is 7. The van der Waals surface area contributed by atoms with Gasteiger partial charge < -0.3 is 19.5 Å². The van der Waals surface area contributed by atoms with Gasteiger partial charge in [0.05, 0.1) is 23.7 Å². The molecule has 0 bridgehead atoms. The van der Waals surface area contributed by atoms with Crippen LogP contribution in [0.3, 0.4) is 0 Å². The van der Waals surface area contributed by atoms with Gasteiger partial charge in [-0.05, 0) is 32.9 Å². The molecule has 2 heterocycles. The highest BCUT2D eigenvalue weighted by molar-refractivity contribution is 7.86. The summed E-state index contributed by atoms with van der Waals surface area (Å²) in [5.74, 6) is -0.186. The molecule has 8 nitrogen and oxygen atoms in total. The van der Waals surface area contributed by atoms with Gasteiger partial charge in [-0.25, -0.2) is 0 Å². The number of aryl methyl sites for hydroxylation is 1. The van der Waals surface area contributed by atoms with Crippen molar-refractivity contribution >= 4 is 16.0 Å². The maximum absolute atomic E-state index is 12.7. The molecule has 2 aromatic rings. The summed E-state index contributed by atoms with van der Waals surface area (Å²) in [6, 6.07) is 15.7. The number of ether oxygens (including phenoxy) is 3. The topological polar surface area (TPSA) is 100 Å². The molecule has 0 saturated carbocycles. The SMILES string of the molecule is CC(C)=C1C(=O)N[C@@H]1O[C@@H]1CO[C@@H](c2ccccc2)O[C@H]1COS(=O)(=O)c1ccc(C)cc1. The van der Waals surface area contributed by atoms with Crippen LogP contribution in [-0.2, 0) is 33.3 Å². The number of benzene rings is 2. The molecule has 1 N–H and O–H groups in total. The van der Waals surface area contributed by atoms with Crippen molar-refractivity contribution in [3.05, 3.63) is 76.9 Å². The Morgan fingerprint density at radius 3 is 2.42 bits per heavy atom. The van der Waals surface area contributed by atoms with Gasteiger partial charge in [-0.1, -0.05) is 53.6 Å². The van der Waals surface area contributed by atoms with E-state index >= 15 is 0 Å². The average molecular weight is 474 g/mol. The van der Waals surface area contributed by atoms with Gasteiger partial charge in [0.2, 0.25) is 0 Å². The number of allylic oxidation sites excluding steroid dienone is 1. The lowest BCUT2D eigenvalue weighted by Crippen LogP contribution is -2.58. The molecule has 0 aliphatic carbocycles. The zero-order valence-electron chi connectivity index (χ0n) is 18.7. The minimum atomic E-state index is -3.99. The third-order valence-corrected chi connectivity index (χ3v) is 6.81. The monoisotopic (exact) mass is 473 g/mol. The Hall–Kier alpha value is -2.56. The number of nitrogens with one attached hydrogen (secondary N) is 1. The van der Waals surface area contributed by atoms with Crippen molar-refractivity contribution in [1.82, 2.24) is 5.32 Å². The summed E-state index contributed by atoms with van der Waals surface area (Å²) in [5.41, 5.74) is 3.13. The summed E-state index contributed by atoms with van der Waals surface area (Å²) in [7, 11) is -3.99. The summed E-state index contributed by atoms with van der Waals surface area (Å²) in [6.45, 7) is 5.41. The molecular weight excluding hydrogens is 446 g/mol. The minimum absolute atomic E-state index is 0.0651. The third kappa shape index (κ3) is 5.34. The molecule has 4 rings (SSSR count). The summed E-state index contributed by atoms with van der Waals surface area (Å²) in [6.07, 6.45) is -2.71. The maximum atomic E-state index is 12.7. The van der Waals surface area contributed by atoms with Crippen molar-refractivity contribution in [2.45, 2.75) is 50.4 Å². The fraction of sp³-hybridized carbons (Fsp3) is 0.375. The number of β-lactam (4-membered cyclic amide) rings is 1. The highest BCUT2D eigenvalue weighted by Crippen LogP contribution is 2.31. The molecule has 0 radical (unpaired) electrons. The predicted molar refractivity (Wildman–Crippen MR) is 120 cm³/mol. The maximum Gasteiger partial charge on any atom is 0.297 e. The molecule has 176 valence electrons. The standard InChI is InChI=1S/C24H27NO7S/c1-15(2)21-22(26)25-23(21)31-19-13-29-24(17-7-5-4-6-8-17)32-20(19)14-30-33(27,28)18-11-9-16(3)10-12-18/h4-12,19-20,23-24H,13-14H2,1-3H3,(H,25,26)/t19-,20+,23-,24-/m1/s1. The molecule has 2 aliphatic rings. The summed E-state index contributed by atoms with van der Waals surface area (Å²) < 4.78 is 48.7. The van der Waals surface area contributed by atoms with E-state index in [1.807, 2.05) is 51.1 Å². The number of carbonyl (C=O) groups is 1. The van der Waals surface area contributed by atoms with Gasteiger partial charge in [0.15, 0.2) is 12.5 Å². The average Bonchev–Trinajstić information content (AvgIpc) is 2.78. The van der Waals surface area contributed by atoms with Crippen LogP contribution in [0.1, 0.15) is 31.3 Å². The highest BCUT2D eigenvalue weighted by Gasteiger charge is 2.41. The quantitative estimate of drug-likeness (QED) is 0.375. The lowest BCUT2D eigenvalue weighted by molar-refractivity contribution is -0.277. The molecule has 4 atom stereocenters. The molecule has 1 amide bonds.